The number of benzene rings is 1. The molecule has 0 saturated heterocycles. The number of aliphatic hydroxyl groups excluding tert-OH is 1. The first-order valence-electron chi connectivity index (χ1n) is 8.58. The third-order valence-corrected chi connectivity index (χ3v) is 4.47. The van der Waals surface area contributed by atoms with E-state index in [0.29, 0.717) is 0 Å². The third-order valence-electron chi connectivity index (χ3n) is 4.47. The Labute approximate surface area is 145 Å². The standard InChI is InChI=1S/C20H28N2O2/c1-4-22(13-9-17-7-11-21-12-8-17)14-10-20(23)19-6-5-18(24-3)15-16(19)2/h5-8,11-12,15,20,23H,4,9-10,13-14H2,1-3H3. The van der Waals surface area contributed by atoms with Gasteiger partial charge in [-0.05, 0) is 67.3 Å². The summed E-state index contributed by atoms with van der Waals surface area (Å²) >= 11 is 0. The van der Waals surface area contributed by atoms with Crippen molar-refractivity contribution in [3.05, 3.63) is 59.4 Å². The van der Waals surface area contributed by atoms with Crippen molar-refractivity contribution in [3.8, 4) is 5.75 Å². The number of likely N-dealkylation sites (N-methyl/N-ethyl adjacent to an activating group) is 1. The van der Waals surface area contributed by atoms with Crippen LogP contribution < -0.4 is 4.74 Å². The Morgan fingerprint density at radius 1 is 1.17 bits per heavy atom. The Kier molecular flexibility index (Phi) is 7.22. The molecule has 0 aliphatic heterocycles. The fraction of sp³-hybridized carbons (Fsp3) is 0.450. The smallest absolute Gasteiger partial charge is 0.119 e. The molecule has 0 aliphatic carbocycles. The zero-order valence-electron chi connectivity index (χ0n) is 14.9. The van der Waals surface area contributed by atoms with Crippen molar-refractivity contribution >= 4 is 0 Å². The molecular weight excluding hydrogens is 300 g/mol. The van der Waals surface area contributed by atoms with Crippen LogP contribution in [-0.4, -0.2) is 41.7 Å². The Balaban J connectivity index is 1.85. The van der Waals surface area contributed by atoms with E-state index >= 15 is 0 Å². The van der Waals surface area contributed by atoms with Crippen LogP contribution in [0.5, 0.6) is 5.75 Å². The second-order valence-electron chi connectivity index (χ2n) is 6.07. The van der Waals surface area contributed by atoms with Crippen LogP contribution in [0.25, 0.3) is 0 Å². The summed E-state index contributed by atoms with van der Waals surface area (Å²) in [6.45, 7) is 7.04. The second-order valence-corrected chi connectivity index (χ2v) is 6.07. The van der Waals surface area contributed by atoms with Gasteiger partial charge in [0.15, 0.2) is 0 Å². The summed E-state index contributed by atoms with van der Waals surface area (Å²) in [7, 11) is 1.66. The molecule has 0 fully saturated rings. The number of nitrogens with zero attached hydrogens (tertiary/aromatic N) is 2. The molecule has 1 heterocycles. The summed E-state index contributed by atoms with van der Waals surface area (Å²) in [5.41, 5.74) is 3.36. The van der Waals surface area contributed by atoms with Crippen molar-refractivity contribution < 1.29 is 9.84 Å². The second kappa shape index (κ2) is 9.40. The van der Waals surface area contributed by atoms with Crippen LogP contribution in [0.15, 0.2) is 42.7 Å². The fourth-order valence-corrected chi connectivity index (χ4v) is 2.87. The minimum atomic E-state index is -0.439. The molecule has 1 atom stereocenters. The van der Waals surface area contributed by atoms with E-state index in [4.69, 9.17) is 4.74 Å². The quantitative estimate of drug-likeness (QED) is 0.766. The van der Waals surface area contributed by atoms with Crippen LogP contribution in [0.4, 0.5) is 0 Å². The van der Waals surface area contributed by atoms with E-state index in [1.165, 1.54) is 5.56 Å². The number of aryl methyl sites for hydroxylation is 1. The van der Waals surface area contributed by atoms with Crippen molar-refractivity contribution in [2.24, 2.45) is 0 Å². The first-order valence-corrected chi connectivity index (χ1v) is 8.58. The van der Waals surface area contributed by atoms with Gasteiger partial charge >= 0.3 is 0 Å². The van der Waals surface area contributed by atoms with E-state index in [2.05, 4.69) is 28.9 Å². The first kappa shape index (κ1) is 18.4. The van der Waals surface area contributed by atoms with Gasteiger partial charge in [-0.3, -0.25) is 4.98 Å². The molecular formula is C20H28N2O2. The fourth-order valence-electron chi connectivity index (χ4n) is 2.87. The van der Waals surface area contributed by atoms with Gasteiger partial charge in [-0.15, -0.1) is 0 Å². The van der Waals surface area contributed by atoms with Crippen LogP contribution in [0.1, 0.15) is 36.1 Å². The number of ether oxygens (including phenoxy) is 1. The first-order chi connectivity index (χ1) is 11.6. The molecule has 1 aromatic heterocycles. The van der Waals surface area contributed by atoms with Gasteiger partial charge in [0.05, 0.1) is 13.2 Å². The third kappa shape index (κ3) is 5.32. The number of hydrogen-bond acceptors (Lipinski definition) is 4. The summed E-state index contributed by atoms with van der Waals surface area (Å²) in [4.78, 5) is 6.43. The lowest BCUT2D eigenvalue weighted by Gasteiger charge is -2.23. The van der Waals surface area contributed by atoms with E-state index in [1.54, 1.807) is 7.11 Å². The minimum absolute atomic E-state index is 0.439. The average Bonchev–Trinajstić information content (AvgIpc) is 2.62. The number of hydrogen-bond donors (Lipinski definition) is 1. The zero-order chi connectivity index (χ0) is 17.4. The van der Waals surface area contributed by atoms with Crippen molar-refractivity contribution in [2.75, 3.05) is 26.7 Å². The summed E-state index contributed by atoms with van der Waals surface area (Å²) in [5.74, 6) is 0.830. The zero-order valence-corrected chi connectivity index (χ0v) is 14.9. The largest absolute Gasteiger partial charge is 0.497 e. The Morgan fingerprint density at radius 2 is 1.92 bits per heavy atom. The highest BCUT2D eigenvalue weighted by molar-refractivity contribution is 5.36. The summed E-state index contributed by atoms with van der Waals surface area (Å²) in [6, 6.07) is 9.96. The van der Waals surface area contributed by atoms with Gasteiger partial charge in [0, 0.05) is 25.5 Å². The minimum Gasteiger partial charge on any atom is -0.497 e. The molecule has 4 nitrogen and oxygen atoms in total. The Hall–Kier alpha value is -1.91. The van der Waals surface area contributed by atoms with E-state index in [1.807, 2.05) is 37.5 Å². The molecule has 4 heteroatoms. The molecule has 2 rings (SSSR count). The number of pyridine rings is 1. The predicted octanol–water partition coefficient (Wildman–Crippen LogP) is 3.39. The lowest BCUT2D eigenvalue weighted by Crippen LogP contribution is -2.28. The molecule has 1 unspecified atom stereocenters. The van der Waals surface area contributed by atoms with Gasteiger partial charge < -0.3 is 14.7 Å². The van der Waals surface area contributed by atoms with E-state index in [0.717, 1.165) is 49.4 Å². The topological polar surface area (TPSA) is 45.6 Å². The number of methoxy groups -OCH3 is 1. The highest BCUT2D eigenvalue weighted by Gasteiger charge is 2.13. The van der Waals surface area contributed by atoms with E-state index in [9.17, 15) is 5.11 Å². The van der Waals surface area contributed by atoms with Gasteiger partial charge in [0.1, 0.15) is 5.75 Å². The maximum Gasteiger partial charge on any atom is 0.119 e. The maximum atomic E-state index is 10.5. The monoisotopic (exact) mass is 328 g/mol. The highest BCUT2D eigenvalue weighted by atomic mass is 16.5. The van der Waals surface area contributed by atoms with Gasteiger partial charge in [-0.25, -0.2) is 0 Å². The van der Waals surface area contributed by atoms with Crippen molar-refractivity contribution in [2.45, 2.75) is 32.8 Å². The molecule has 130 valence electrons. The van der Waals surface area contributed by atoms with Crippen LogP contribution in [0.2, 0.25) is 0 Å². The predicted molar refractivity (Wildman–Crippen MR) is 97.4 cm³/mol. The summed E-state index contributed by atoms with van der Waals surface area (Å²) < 4.78 is 5.23. The Morgan fingerprint density at radius 3 is 2.54 bits per heavy atom. The molecule has 0 saturated carbocycles. The molecule has 0 aliphatic rings. The maximum absolute atomic E-state index is 10.5. The van der Waals surface area contributed by atoms with Gasteiger partial charge in [0.25, 0.3) is 0 Å². The van der Waals surface area contributed by atoms with Crippen molar-refractivity contribution in [1.82, 2.24) is 9.88 Å². The normalized spacial score (nSPS) is 12.4. The molecule has 1 aromatic carbocycles. The van der Waals surface area contributed by atoms with Crippen molar-refractivity contribution in [3.63, 3.8) is 0 Å². The molecule has 0 radical (unpaired) electrons. The van der Waals surface area contributed by atoms with Crippen LogP contribution >= 0.6 is 0 Å². The molecule has 2 aromatic rings. The Bertz CT molecular complexity index is 616. The SMILES string of the molecule is CCN(CCc1ccncc1)CCC(O)c1ccc(OC)cc1C. The van der Waals surface area contributed by atoms with Crippen LogP contribution in [-0.2, 0) is 6.42 Å². The molecule has 1 N–H and O–H groups in total. The molecule has 0 bridgehead atoms. The summed E-state index contributed by atoms with van der Waals surface area (Å²) in [6.07, 6.45) is 4.97. The van der Waals surface area contributed by atoms with Crippen molar-refractivity contribution in [1.29, 1.82) is 0 Å². The van der Waals surface area contributed by atoms with Crippen LogP contribution in [0, 0.1) is 6.92 Å². The number of aromatic nitrogens is 1. The van der Waals surface area contributed by atoms with Gasteiger partial charge in [-0.2, -0.15) is 0 Å². The highest BCUT2D eigenvalue weighted by Crippen LogP contribution is 2.24. The van der Waals surface area contributed by atoms with Crippen LogP contribution in [0.3, 0.4) is 0 Å². The van der Waals surface area contributed by atoms with E-state index in [-0.39, 0.29) is 0 Å². The molecule has 0 spiro atoms. The number of aliphatic hydroxyl groups is 1. The lowest BCUT2D eigenvalue weighted by atomic mass is 10.0. The summed E-state index contributed by atoms with van der Waals surface area (Å²) in [5, 5.41) is 10.5. The lowest BCUT2D eigenvalue weighted by molar-refractivity contribution is 0.143. The number of rotatable bonds is 9. The van der Waals surface area contributed by atoms with Gasteiger partial charge in [-0.1, -0.05) is 13.0 Å². The molecule has 24 heavy (non-hydrogen) atoms. The molecule has 0 amide bonds. The van der Waals surface area contributed by atoms with E-state index < -0.39 is 6.10 Å². The van der Waals surface area contributed by atoms with Gasteiger partial charge in [0.2, 0.25) is 0 Å². The average molecular weight is 328 g/mol.